The molecule has 4 nitrogen and oxygen atoms in total. The average molecular weight is 284 g/mol. The van der Waals surface area contributed by atoms with Gasteiger partial charge in [0.2, 0.25) is 0 Å². The fourth-order valence-corrected chi connectivity index (χ4v) is 3.45. The lowest BCUT2D eigenvalue weighted by Crippen LogP contribution is -2.30. The Hall–Kier alpha value is -1.84. The van der Waals surface area contributed by atoms with Crippen molar-refractivity contribution in [1.29, 1.82) is 0 Å². The van der Waals surface area contributed by atoms with Crippen molar-refractivity contribution in [3.8, 4) is 0 Å². The van der Waals surface area contributed by atoms with Gasteiger partial charge in [0.05, 0.1) is 5.52 Å². The van der Waals surface area contributed by atoms with E-state index in [4.69, 9.17) is 5.73 Å². The molecule has 0 radical (unpaired) electrons. The molecule has 1 unspecified atom stereocenters. The molecule has 1 heterocycles. The van der Waals surface area contributed by atoms with Gasteiger partial charge >= 0.3 is 0 Å². The van der Waals surface area contributed by atoms with Crippen LogP contribution in [0.3, 0.4) is 0 Å². The number of anilines is 2. The second kappa shape index (κ2) is 6.29. The van der Waals surface area contributed by atoms with Crippen molar-refractivity contribution in [2.45, 2.75) is 51.5 Å². The molecule has 4 heteroatoms. The Balaban J connectivity index is 1.85. The summed E-state index contributed by atoms with van der Waals surface area (Å²) in [5.74, 6) is 1.71. The minimum Gasteiger partial charge on any atom is -0.399 e. The summed E-state index contributed by atoms with van der Waals surface area (Å²) in [7, 11) is 0. The van der Waals surface area contributed by atoms with Crippen LogP contribution in [-0.2, 0) is 0 Å². The van der Waals surface area contributed by atoms with E-state index in [2.05, 4.69) is 22.2 Å². The smallest absolute Gasteiger partial charge is 0.137 e. The highest BCUT2D eigenvalue weighted by atomic mass is 15.0. The van der Waals surface area contributed by atoms with Gasteiger partial charge in [0.1, 0.15) is 12.1 Å². The molecule has 3 N–H and O–H groups in total. The van der Waals surface area contributed by atoms with Crippen molar-refractivity contribution in [3.63, 3.8) is 0 Å². The van der Waals surface area contributed by atoms with Crippen LogP contribution >= 0.6 is 0 Å². The zero-order valence-corrected chi connectivity index (χ0v) is 12.7. The van der Waals surface area contributed by atoms with Crippen LogP contribution in [0, 0.1) is 5.92 Å². The molecule has 3 rings (SSSR count). The number of nitrogens with zero attached hydrogens (tertiary/aromatic N) is 2. The van der Waals surface area contributed by atoms with Crippen molar-refractivity contribution in [2.24, 2.45) is 5.92 Å². The molecule has 1 aromatic heterocycles. The average Bonchev–Trinajstić information content (AvgIpc) is 2.53. The number of nitrogens with two attached hydrogens (primary N) is 1. The lowest BCUT2D eigenvalue weighted by atomic mass is 9.83. The first-order valence-electron chi connectivity index (χ1n) is 8.04. The molecular formula is C17H24N4. The van der Waals surface area contributed by atoms with Crippen molar-refractivity contribution in [3.05, 3.63) is 24.5 Å². The lowest BCUT2D eigenvalue weighted by Gasteiger charge is -2.30. The molecule has 0 amide bonds. The van der Waals surface area contributed by atoms with Crippen LogP contribution in [0.15, 0.2) is 24.5 Å². The summed E-state index contributed by atoms with van der Waals surface area (Å²) in [4.78, 5) is 8.77. The van der Waals surface area contributed by atoms with Gasteiger partial charge in [0, 0.05) is 17.1 Å². The zero-order chi connectivity index (χ0) is 14.7. The Kier molecular flexibility index (Phi) is 4.23. The van der Waals surface area contributed by atoms with Crippen LogP contribution in [0.1, 0.15) is 45.4 Å². The summed E-state index contributed by atoms with van der Waals surface area (Å²) in [6, 6.07) is 6.34. The maximum atomic E-state index is 5.84. The Labute approximate surface area is 126 Å². The Morgan fingerprint density at radius 1 is 1.24 bits per heavy atom. The summed E-state index contributed by atoms with van der Waals surface area (Å²) in [6.45, 7) is 2.26. The van der Waals surface area contributed by atoms with Crippen LogP contribution < -0.4 is 11.1 Å². The topological polar surface area (TPSA) is 63.8 Å². The van der Waals surface area contributed by atoms with E-state index in [0.29, 0.717) is 6.04 Å². The highest BCUT2D eigenvalue weighted by Crippen LogP contribution is 2.30. The number of nitrogen functional groups attached to an aromatic ring is 1. The number of nitrogens with one attached hydrogen (secondary N) is 1. The Bertz CT molecular complexity index is 605. The zero-order valence-electron chi connectivity index (χ0n) is 12.7. The van der Waals surface area contributed by atoms with Gasteiger partial charge in [0.25, 0.3) is 0 Å². The van der Waals surface area contributed by atoms with Gasteiger partial charge in [-0.05, 0) is 43.4 Å². The van der Waals surface area contributed by atoms with Crippen LogP contribution in [0.25, 0.3) is 10.9 Å². The third kappa shape index (κ3) is 3.09. The predicted octanol–water partition coefficient (Wildman–Crippen LogP) is 3.98. The normalized spacial score (nSPS) is 17.8. The van der Waals surface area contributed by atoms with Crippen molar-refractivity contribution in [2.75, 3.05) is 11.1 Å². The molecule has 2 aromatic rings. The lowest BCUT2D eigenvalue weighted by molar-refractivity contribution is 0.312. The van der Waals surface area contributed by atoms with E-state index >= 15 is 0 Å². The number of rotatable bonds is 4. The Morgan fingerprint density at radius 3 is 2.81 bits per heavy atom. The molecular weight excluding hydrogens is 260 g/mol. The first-order chi connectivity index (χ1) is 10.3. The van der Waals surface area contributed by atoms with Gasteiger partial charge in [0.15, 0.2) is 0 Å². The molecule has 1 aliphatic rings. The van der Waals surface area contributed by atoms with Crippen LogP contribution in [0.5, 0.6) is 0 Å². The van der Waals surface area contributed by atoms with Gasteiger partial charge in [-0.25, -0.2) is 9.97 Å². The second-order valence-electron chi connectivity index (χ2n) is 6.06. The highest BCUT2D eigenvalue weighted by Gasteiger charge is 2.23. The van der Waals surface area contributed by atoms with Gasteiger partial charge in [-0.1, -0.05) is 26.2 Å². The van der Waals surface area contributed by atoms with Gasteiger partial charge in [-0.2, -0.15) is 0 Å². The van der Waals surface area contributed by atoms with E-state index in [1.54, 1.807) is 6.33 Å². The number of hydrogen-bond acceptors (Lipinski definition) is 4. The van der Waals surface area contributed by atoms with E-state index in [9.17, 15) is 0 Å². The van der Waals surface area contributed by atoms with Crippen molar-refractivity contribution < 1.29 is 0 Å². The molecule has 1 atom stereocenters. The standard InChI is InChI=1S/C17H24N4/c1-2-15(12-6-4-3-5-7-12)21-17-14-9-8-13(18)10-16(14)19-11-20-17/h8-12,15H,2-7,18H2,1H3,(H,19,20,21). The fraction of sp³-hybridized carbons (Fsp3) is 0.529. The van der Waals surface area contributed by atoms with E-state index in [1.807, 2.05) is 18.2 Å². The maximum Gasteiger partial charge on any atom is 0.137 e. The van der Waals surface area contributed by atoms with Gasteiger partial charge in [-0.3, -0.25) is 0 Å². The summed E-state index contributed by atoms with van der Waals surface area (Å²) in [5, 5.41) is 4.73. The van der Waals surface area contributed by atoms with E-state index in [0.717, 1.165) is 34.7 Å². The van der Waals surface area contributed by atoms with Crippen molar-refractivity contribution in [1.82, 2.24) is 9.97 Å². The molecule has 0 aliphatic heterocycles. The first-order valence-corrected chi connectivity index (χ1v) is 8.04. The fourth-order valence-electron chi connectivity index (χ4n) is 3.45. The van der Waals surface area contributed by atoms with Crippen LogP contribution in [-0.4, -0.2) is 16.0 Å². The third-order valence-electron chi connectivity index (χ3n) is 4.64. The molecule has 1 aromatic carbocycles. The van der Waals surface area contributed by atoms with Crippen LogP contribution in [0.4, 0.5) is 11.5 Å². The minimum absolute atomic E-state index is 0.501. The number of fused-ring (bicyclic) bond motifs is 1. The van der Waals surface area contributed by atoms with E-state index in [-0.39, 0.29) is 0 Å². The van der Waals surface area contributed by atoms with E-state index < -0.39 is 0 Å². The molecule has 1 aliphatic carbocycles. The first kappa shape index (κ1) is 14.1. The van der Waals surface area contributed by atoms with Gasteiger partial charge in [-0.15, -0.1) is 0 Å². The number of hydrogen-bond donors (Lipinski definition) is 2. The molecule has 21 heavy (non-hydrogen) atoms. The van der Waals surface area contributed by atoms with Crippen molar-refractivity contribution >= 4 is 22.4 Å². The highest BCUT2D eigenvalue weighted by molar-refractivity contribution is 5.90. The van der Waals surface area contributed by atoms with Gasteiger partial charge < -0.3 is 11.1 Å². The Morgan fingerprint density at radius 2 is 2.05 bits per heavy atom. The quantitative estimate of drug-likeness (QED) is 0.833. The molecule has 0 spiro atoms. The molecule has 0 saturated heterocycles. The number of benzene rings is 1. The molecule has 0 bridgehead atoms. The summed E-state index contributed by atoms with van der Waals surface area (Å²) >= 11 is 0. The maximum absolute atomic E-state index is 5.84. The SMILES string of the molecule is CCC(Nc1ncnc2cc(N)ccc12)C1CCCCC1. The number of aromatic nitrogens is 2. The van der Waals surface area contributed by atoms with Crippen LogP contribution in [0.2, 0.25) is 0 Å². The molecule has 1 saturated carbocycles. The summed E-state index contributed by atoms with van der Waals surface area (Å²) in [6.07, 6.45) is 9.54. The summed E-state index contributed by atoms with van der Waals surface area (Å²) < 4.78 is 0. The molecule has 112 valence electrons. The third-order valence-corrected chi connectivity index (χ3v) is 4.64. The predicted molar refractivity (Wildman–Crippen MR) is 88.2 cm³/mol. The van der Waals surface area contributed by atoms with E-state index in [1.165, 1.54) is 32.1 Å². The second-order valence-corrected chi connectivity index (χ2v) is 6.06. The largest absolute Gasteiger partial charge is 0.399 e. The minimum atomic E-state index is 0.501. The monoisotopic (exact) mass is 284 g/mol. The summed E-state index contributed by atoms with van der Waals surface area (Å²) in [5.41, 5.74) is 7.49. The molecule has 1 fully saturated rings.